The van der Waals surface area contributed by atoms with Crippen LogP contribution in [0.15, 0.2) is 0 Å². The summed E-state index contributed by atoms with van der Waals surface area (Å²) >= 11 is 0. The number of carbonyl (C=O) groups is 1. The van der Waals surface area contributed by atoms with Gasteiger partial charge in [-0.1, -0.05) is 0 Å². The molecule has 1 saturated heterocycles. The van der Waals surface area contributed by atoms with Gasteiger partial charge in [-0.15, -0.1) is 0 Å². The van der Waals surface area contributed by atoms with Gasteiger partial charge in [-0.25, -0.2) is 0 Å². The number of hydrogen-bond donors (Lipinski definition) is 1. The molecule has 0 aliphatic carbocycles. The van der Waals surface area contributed by atoms with E-state index in [2.05, 4.69) is 31.0 Å². The van der Waals surface area contributed by atoms with Crippen LogP contribution in [0.4, 0.5) is 0 Å². The van der Waals surface area contributed by atoms with E-state index >= 15 is 0 Å². The van der Waals surface area contributed by atoms with Crippen LogP contribution in [0.3, 0.4) is 0 Å². The third-order valence-corrected chi connectivity index (χ3v) is 3.09. The number of piperazine rings is 1. The molecule has 1 unspecified atom stereocenters. The molecule has 0 saturated carbocycles. The van der Waals surface area contributed by atoms with E-state index in [1.54, 1.807) is 0 Å². The molecule has 1 aliphatic heterocycles. The molecule has 0 radical (unpaired) electrons. The van der Waals surface area contributed by atoms with Gasteiger partial charge in [0.25, 0.3) is 0 Å². The first-order valence-corrected chi connectivity index (χ1v) is 5.51. The lowest BCUT2D eigenvalue weighted by atomic mass is 10.0. The SMILES string of the molecule is CNCC1CN(C(C)(C)C)CC(=O)N1C. The van der Waals surface area contributed by atoms with Crippen molar-refractivity contribution < 1.29 is 4.79 Å². The molecule has 1 fully saturated rings. The smallest absolute Gasteiger partial charge is 0.236 e. The van der Waals surface area contributed by atoms with E-state index < -0.39 is 0 Å². The third kappa shape index (κ3) is 2.92. The van der Waals surface area contributed by atoms with Crippen molar-refractivity contribution in [1.82, 2.24) is 15.1 Å². The lowest BCUT2D eigenvalue weighted by Gasteiger charge is -2.45. The predicted octanol–water partition coefficient (Wildman–Crippen LogP) is 0.147. The minimum absolute atomic E-state index is 0.0723. The van der Waals surface area contributed by atoms with Crippen LogP contribution in [0.2, 0.25) is 0 Å². The van der Waals surface area contributed by atoms with Gasteiger partial charge in [0.2, 0.25) is 5.91 Å². The van der Waals surface area contributed by atoms with Crippen LogP contribution in [0.25, 0.3) is 0 Å². The monoisotopic (exact) mass is 213 g/mol. The first-order valence-electron chi connectivity index (χ1n) is 5.51. The maximum absolute atomic E-state index is 11.8. The molecule has 1 amide bonds. The van der Waals surface area contributed by atoms with Crippen molar-refractivity contribution in [2.75, 3.05) is 33.7 Å². The topological polar surface area (TPSA) is 35.6 Å². The first-order chi connectivity index (χ1) is 6.86. The molecule has 0 aromatic heterocycles. The van der Waals surface area contributed by atoms with Crippen molar-refractivity contribution in [2.45, 2.75) is 32.4 Å². The Labute approximate surface area is 92.6 Å². The molecule has 1 N–H and O–H groups in total. The van der Waals surface area contributed by atoms with Gasteiger partial charge in [-0.2, -0.15) is 0 Å². The highest BCUT2D eigenvalue weighted by atomic mass is 16.2. The van der Waals surface area contributed by atoms with Gasteiger partial charge in [-0.3, -0.25) is 9.69 Å². The fourth-order valence-corrected chi connectivity index (χ4v) is 1.87. The molecule has 15 heavy (non-hydrogen) atoms. The summed E-state index contributed by atoms with van der Waals surface area (Å²) in [6.45, 7) is 8.81. The normalized spacial score (nSPS) is 24.7. The van der Waals surface area contributed by atoms with Crippen LogP contribution in [-0.2, 0) is 4.79 Å². The highest BCUT2D eigenvalue weighted by molar-refractivity contribution is 5.79. The number of nitrogens with zero attached hydrogens (tertiary/aromatic N) is 2. The fraction of sp³-hybridized carbons (Fsp3) is 0.909. The Hall–Kier alpha value is -0.610. The Kier molecular flexibility index (Phi) is 3.73. The summed E-state index contributed by atoms with van der Waals surface area (Å²) in [4.78, 5) is 15.9. The van der Waals surface area contributed by atoms with Gasteiger partial charge in [0.15, 0.2) is 0 Å². The molecule has 0 bridgehead atoms. The molecule has 0 aromatic carbocycles. The van der Waals surface area contributed by atoms with Crippen LogP contribution >= 0.6 is 0 Å². The molecular formula is C11H23N3O. The Morgan fingerprint density at radius 3 is 2.53 bits per heavy atom. The average molecular weight is 213 g/mol. The highest BCUT2D eigenvalue weighted by Gasteiger charge is 2.34. The summed E-state index contributed by atoms with van der Waals surface area (Å²) in [7, 11) is 3.82. The van der Waals surface area contributed by atoms with Crippen molar-refractivity contribution in [2.24, 2.45) is 0 Å². The van der Waals surface area contributed by atoms with E-state index in [1.807, 2.05) is 19.0 Å². The van der Waals surface area contributed by atoms with Gasteiger partial charge in [0.1, 0.15) is 0 Å². The predicted molar refractivity (Wildman–Crippen MR) is 61.8 cm³/mol. The standard InChI is InChI=1S/C11H23N3O/c1-11(2,3)14-7-9(6-12-4)13(5)10(15)8-14/h9,12H,6-8H2,1-5H3. The van der Waals surface area contributed by atoms with E-state index in [1.165, 1.54) is 0 Å². The van der Waals surface area contributed by atoms with E-state index in [-0.39, 0.29) is 17.5 Å². The van der Waals surface area contributed by atoms with Crippen LogP contribution in [0, 0.1) is 0 Å². The minimum atomic E-state index is 0.0723. The number of hydrogen-bond acceptors (Lipinski definition) is 3. The second kappa shape index (κ2) is 4.49. The maximum atomic E-state index is 11.8. The zero-order valence-electron chi connectivity index (χ0n) is 10.5. The van der Waals surface area contributed by atoms with Crippen molar-refractivity contribution >= 4 is 5.91 Å². The minimum Gasteiger partial charge on any atom is -0.339 e. The number of rotatable bonds is 2. The van der Waals surface area contributed by atoms with Crippen molar-refractivity contribution in [3.8, 4) is 0 Å². The van der Waals surface area contributed by atoms with Gasteiger partial charge < -0.3 is 10.2 Å². The van der Waals surface area contributed by atoms with Crippen LogP contribution in [0.5, 0.6) is 0 Å². The molecule has 1 rings (SSSR count). The van der Waals surface area contributed by atoms with E-state index in [4.69, 9.17) is 0 Å². The quantitative estimate of drug-likeness (QED) is 0.709. The molecule has 1 atom stereocenters. The van der Waals surface area contributed by atoms with Crippen LogP contribution < -0.4 is 5.32 Å². The van der Waals surface area contributed by atoms with Crippen LogP contribution in [0.1, 0.15) is 20.8 Å². The van der Waals surface area contributed by atoms with Gasteiger partial charge in [0.05, 0.1) is 12.6 Å². The number of likely N-dealkylation sites (N-methyl/N-ethyl adjacent to an activating group) is 2. The van der Waals surface area contributed by atoms with E-state index in [0.717, 1.165) is 13.1 Å². The zero-order valence-corrected chi connectivity index (χ0v) is 10.5. The number of amides is 1. The largest absolute Gasteiger partial charge is 0.339 e. The Morgan fingerprint density at radius 1 is 1.47 bits per heavy atom. The molecule has 1 aliphatic rings. The van der Waals surface area contributed by atoms with E-state index in [9.17, 15) is 4.79 Å². The summed E-state index contributed by atoms with van der Waals surface area (Å²) in [5.74, 6) is 0.219. The second-order valence-electron chi connectivity index (χ2n) is 5.27. The van der Waals surface area contributed by atoms with Crippen molar-refractivity contribution in [3.05, 3.63) is 0 Å². The molecule has 0 spiro atoms. The Bertz CT molecular complexity index is 234. The molecule has 0 aromatic rings. The average Bonchev–Trinajstić information content (AvgIpc) is 2.11. The molecular weight excluding hydrogens is 190 g/mol. The summed E-state index contributed by atoms with van der Waals surface area (Å²) < 4.78 is 0. The third-order valence-electron chi connectivity index (χ3n) is 3.09. The zero-order chi connectivity index (χ0) is 11.6. The number of carbonyl (C=O) groups excluding carboxylic acids is 1. The molecule has 1 heterocycles. The molecule has 4 nitrogen and oxygen atoms in total. The summed E-state index contributed by atoms with van der Waals surface area (Å²) in [5, 5.41) is 3.14. The van der Waals surface area contributed by atoms with Crippen molar-refractivity contribution in [3.63, 3.8) is 0 Å². The summed E-state index contributed by atoms with van der Waals surface area (Å²) in [6, 6.07) is 0.287. The second-order valence-corrected chi connectivity index (χ2v) is 5.27. The van der Waals surface area contributed by atoms with Gasteiger partial charge in [0, 0.05) is 25.7 Å². The molecule has 4 heteroatoms. The van der Waals surface area contributed by atoms with Gasteiger partial charge >= 0.3 is 0 Å². The number of nitrogens with one attached hydrogen (secondary N) is 1. The van der Waals surface area contributed by atoms with Crippen LogP contribution in [-0.4, -0.2) is 61.0 Å². The summed E-state index contributed by atoms with van der Waals surface area (Å²) in [6.07, 6.45) is 0. The van der Waals surface area contributed by atoms with Crippen molar-refractivity contribution in [1.29, 1.82) is 0 Å². The fourth-order valence-electron chi connectivity index (χ4n) is 1.87. The van der Waals surface area contributed by atoms with E-state index in [0.29, 0.717) is 6.54 Å². The highest BCUT2D eigenvalue weighted by Crippen LogP contribution is 2.18. The Morgan fingerprint density at radius 2 is 2.07 bits per heavy atom. The lowest BCUT2D eigenvalue weighted by Crippen LogP contribution is -2.61. The first kappa shape index (κ1) is 12.5. The lowest BCUT2D eigenvalue weighted by molar-refractivity contribution is -0.140. The molecule has 88 valence electrons. The van der Waals surface area contributed by atoms with Gasteiger partial charge in [-0.05, 0) is 27.8 Å². The Balaban J connectivity index is 2.71. The summed E-state index contributed by atoms with van der Waals surface area (Å²) in [5.41, 5.74) is 0.0723. The maximum Gasteiger partial charge on any atom is 0.236 e.